The molecule has 2 aromatic rings. The van der Waals surface area contributed by atoms with Crippen molar-refractivity contribution in [3.8, 4) is 0 Å². The molecule has 2 aromatic carbocycles. The minimum atomic E-state index is -4.35. The summed E-state index contributed by atoms with van der Waals surface area (Å²) in [7, 11) is 0. The molecule has 0 aromatic heterocycles. The van der Waals surface area contributed by atoms with Crippen LogP contribution < -0.4 is 10.6 Å². The largest absolute Gasteiger partial charge is 0.416 e. The molecule has 2 fully saturated rings. The molecule has 2 aliphatic rings. The lowest BCUT2D eigenvalue weighted by Gasteiger charge is -2.33. The summed E-state index contributed by atoms with van der Waals surface area (Å²) in [5.74, 6) is 0.0983. The molecular weight excluding hydrogens is 441 g/mol. The van der Waals surface area contributed by atoms with Gasteiger partial charge in [-0.2, -0.15) is 13.2 Å². The second-order valence-corrected chi connectivity index (χ2v) is 9.46. The van der Waals surface area contributed by atoms with Gasteiger partial charge in [-0.1, -0.05) is 30.3 Å². The number of amides is 1. The highest BCUT2D eigenvalue weighted by Gasteiger charge is 2.31. The first-order valence-corrected chi connectivity index (χ1v) is 12.0. The first kappa shape index (κ1) is 24.5. The summed E-state index contributed by atoms with van der Waals surface area (Å²) in [6.45, 7) is 7.43. The number of piperidine rings is 1. The van der Waals surface area contributed by atoms with E-state index in [1.807, 2.05) is 17.0 Å². The van der Waals surface area contributed by atoms with Crippen LogP contribution >= 0.6 is 0 Å². The number of nitrogens with zero attached hydrogens (tertiary/aromatic N) is 2. The normalized spacial score (nSPS) is 20.4. The van der Waals surface area contributed by atoms with E-state index in [-0.39, 0.29) is 11.9 Å². The van der Waals surface area contributed by atoms with Gasteiger partial charge in [0.2, 0.25) is 5.91 Å². The molecule has 8 heteroatoms. The Kier molecular flexibility index (Phi) is 7.78. The Labute approximate surface area is 199 Å². The van der Waals surface area contributed by atoms with Gasteiger partial charge in [0.15, 0.2) is 0 Å². The lowest BCUT2D eigenvalue weighted by atomic mass is 10.0. The van der Waals surface area contributed by atoms with Crippen molar-refractivity contribution >= 4 is 11.6 Å². The summed E-state index contributed by atoms with van der Waals surface area (Å²) in [4.78, 5) is 17.1. The number of likely N-dealkylation sites (tertiary alicyclic amines) is 1. The van der Waals surface area contributed by atoms with Crippen LogP contribution in [0.5, 0.6) is 0 Å². The summed E-state index contributed by atoms with van der Waals surface area (Å²) < 4.78 is 38.8. The second-order valence-electron chi connectivity index (χ2n) is 9.46. The van der Waals surface area contributed by atoms with Crippen LogP contribution in [0.1, 0.15) is 36.5 Å². The summed E-state index contributed by atoms with van der Waals surface area (Å²) in [5.41, 5.74) is 2.08. The molecule has 0 spiro atoms. The van der Waals surface area contributed by atoms with Crippen molar-refractivity contribution in [2.24, 2.45) is 0 Å². The SMILES string of the molecule is C[C@@H]1CN(Cc2ccc(CC(=O)N3CCC(Nc4cccc(C(F)(F)F)c4)CC3)cc2)CCN1. The summed E-state index contributed by atoms with van der Waals surface area (Å²) >= 11 is 0. The summed E-state index contributed by atoms with van der Waals surface area (Å²) in [6.07, 6.45) is -2.56. The van der Waals surface area contributed by atoms with E-state index in [1.54, 1.807) is 6.07 Å². The fourth-order valence-electron chi connectivity index (χ4n) is 4.76. The third-order valence-electron chi connectivity index (χ3n) is 6.65. The molecule has 2 saturated heterocycles. The number of rotatable bonds is 6. The number of hydrogen-bond acceptors (Lipinski definition) is 4. The quantitative estimate of drug-likeness (QED) is 0.661. The molecule has 2 aliphatic heterocycles. The van der Waals surface area contributed by atoms with Gasteiger partial charge in [0.25, 0.3) is 0 Å². The molecule has 0 radical (unpaired) electrons. The molecule has 2 heterocycles. The van der Waals surface area contributed by atoms with Gasteiger partial charge in [0.1, 0.15) is 0 Å². The number of nitrogens with one attached hydrogen (secondary N) is 2. The number of halogens is 3. The zero-order valence-electron chi connectivity index (χ0n) is 19.6. The highest BCUT2D eigenvalue weighted by atomic mass is 19.4. The monoisotopic (exact) mass is 474 g/mol. The van der Waals surface area contributed by atoms with E-state index in [2.05, 4.69) is 34.6 Å². The number of piperazine rings is 1. The van der Waals surface area contributed by atoms with Gasteiger partial charge < -0.3 is 15.5 Å². The topological polar surface area (TPSA) is 47.6 Å². The van der Waals surface area contributed by atoms with Crippen molar-refractivity contribution in [1.29, 1.82) is 0 Å². The number of carbonyl (C=O) groups is 1. The Hall–Kier alpha value is -2.58. The average molecular weight is 475 g/mol. The van der Waals surface area contributed by atoms with Gasteiger partial charge in [-0.05, 0) is 49.1 Å². The Balaban J connectivity index is 1.23. The second kappa shape index (κ2) is 10.8. The number of hydrogen-bond donors (Lipinski definition) is 2. The highest BCUT2D eigenvalue weighted by Crippen LogP contribution is 2.31. The maximum atomic E-state index is 12.9. The molecule has 0 unspecified atom stereocenters. The molecule has 0 saturated carbocycles. The molecule has 1 atom stereocenters. The number of anilines is 1. The van der Waals surface area contributed by atoms with Gasteiger partial charge in [0.05, 0.1) is 12.0 Å². The zero-order valence-corrected chi connectivity index (χ0v) is 19.6. The van der Waals surface area contributed by atoms with Gasteiger partial charge >= 0.3 is 6.18 Å². The maximum absolute atomic E-state index is 12.9. The van der Waals surface area contributed by atoms with Crippen molar-refractivity contribution in [1.82, 2.24) is 15.1 Å². The molecule has 2 N–H and O–H groups in total. The molecular formula is C26H33F3N4O. The molecule has 184 valence electrons. The van der Waals surface area contributed by atoms with Crippen molar-refractivity contribution in [2.75, 3.05) is 38.0 Å². The van der Waals surface area contributed by atoms with E-state index in [0.717, 1.165) is 43.9 Å². The average Bonchev–Trinajstić information content (AvgIpc) is 2.80. The molecule has 0 bridgehead atoms. The smallest absolute Gasteiger partial charge is 0.382 e. The Morgan fingerprint density at radius 2 is 1.76 bits per heavy atom. The first-order valence-electron chi connectivity index (χ1n) is 12.0. The van der Waals surface area contributed by atoms with E-state index < -0.39 is 11.7 Å². The van der Waals surface area contributed by atoms with Crippen LogP contribution in [-0.2, 0) is 23.9 Å². The van der Waals surface area contributed by atoms with Crippen LogP contribution in [0, 0.1) is 0 Å². The minimum absolute atomic E-state index is 0.0551. The third kappa shape index (κ3) is 6.73. The summed E-state index contributed by atoms with van der Waals surface area (Å²) in [6, 6.07) is 14.2. The predicted molar refractivity (Wildman–Crippen MR) is 128 cm³/mol. The summed E-state index contributed by atoms with van der Waals surface area (Å²) in [5, 5.41) is 6.65. The van der Waals surface area contributed by atoms with Crippen LogP contribution in [0.3, 0.4) is 0 Å². The van der Waals surface area contributed by atoms with Crippen LogP contribution in [0.2, 0.25) is 0 Å². The Bertz CT molecular complexity index is 955. The minimum Gasteiger partial charge on any atom is -0.382 e. The number of benzene rings is 2. The Morgan fingerprint density at radius 1 is 1.06 bits per heavy atom. The molecule has 1 amide bonds. The van der Waals surface area contributed by atoms with Crippen molar-refractivity contribution in [3.63, 3.8) is 0 Å². The molecule has 4 rings (SSSR count). The van der Waals surface area contributed by atoms with Gasteiger partial charge in [0, 0.05) is 57.0 Å². The van der Waals surface area contributed by atoms with E-state index in [1.165, 1.54) is 11.6 Å². The number of carbonyl (C=O) groups excluding carboxylic acids is 1. The van der Waals surface area contributed by atoms with Gasteiger partial charge in [-0.15, -0.1) is 0 Å². The lowest BCUT2D eigenvalue weighted by Crippen LogP contribution is -2.48. The van der Waals surface area contributed by atoms with E-state index >= 15 is 0 Å². The zero-order chi connectivity index (χ0) is 24.1. The fraction of sp³-hybridized carbons (Fsp3) is 0.500. The van der Waals surface area contributed by atoms with Crippen LogP contribution in [0.15, 0.2) is 48.5 Å². The Morgan fingerprint density at radius 3 is 2.44 bits per heavy atom. The first-order chi connectivity index (χ1) is 16.3. The molecule has 34 heavy (non-hydrogen) atoms. The standard InChI is InChI=1S/C26H33F3N4O/c1-19-17-32(14-11-30-19)18-21-7-5-20(6-8-21)15-25(34)33-12-9-23(10-13-33)31-24-4-2-3-22(16-24)26(27,28)29/h2-8,16,19,23,30-31H,9-15,17-18H2,1H3/t19-/m1/s1. The lowest BCUT2D eigenvalue weighted by molar-refractivity contribution is -0.137. The maximum Gasteiger partial charge on any atom is 0.416 e. The predicted octanol–water partition coefficient (Wildman–Crippen LogP) is 4.14. The van der Waals surface area contributed by atoms with Gasteiger partial charge in [-0.25, -0.2) is 0 Å². The van der Waals surface area contributed by atoms with Crippen LogP contribution in [0.25, 0.3) is 0 Å². The van der Waals surface area contributed by atoms with Crippen molar-refractivity contribution in [2.45, 2.75) is 51.0 Å². The number of alkyl halides is 3. The highest BCUT2D eigenvalue weighted by molar-refractivity contribution is 5.79. The van der Waals surface area contributed by atoms with E-state index in [9.17, 15) is 18.0 Å². The molecule has 5 nitrogen and oxygen atoms in total. The third-order valence-corrected chi connectivity index (χ3v) is 6.65. The van der Waals surface area contributed by atoms with E-state index in [4.69, 9.17) is 0 Å². The van der Waals surface area contributed by atoms with E-state index in [0.29, 0.717) is 44.1 Å². The van der Waals surface area contributed by atoms with Crippen molar-refractivity contribution in [3.05, 3.63) is 65.2 Å². The van der Waals surface area contributed by atoms with Gasteiger partial charge in [-0.3, -0.25) is 9.69 Å². The molecule has 0 aliphatic carbocycles. The van der Waals surface area contributed by atoms with Crippen LogP contribution in [-0.4, -0.2) is 60.5 Å². The van der Waals surface area contributed by atoms with Crippen molar-refractivity contribution < 1.29 is 18.0 Å². The fourth-order valence-corrected chi connectivity index (χ4v) is 4.76. The van der Waals surface area contributed by atoms with Crippen LogP contribution in [0.4, 0.5) is 18.9 Å².